The molecular formula is C18H16N2O3S. The third-order valence-electron chi connectivity index (χ3n) is 3.65. The number of nitrogens with zero attached hydrogens (tertiary/aromatic N) is 1. The molecule has 3 rings (SSSR count). The van der Waals surface area contributed by atoms with Crippen LogP contribution in [0.1, 0.15) is 11.1 Å². The fourth-order valence-corrected chi connectivity index (χ4v) is 3.43. The van der Waals surface area contributed by atoms with E-state index in [-0.39, 0.29) is 12.3 Å². The molecule has 1 heterocycles. The number of hydrogen-bond donors (Lipinski definition) is 1. The van der Waals surface area contributed by atoms with E-state index >= 15 is 0 Å². The number of anilines is 1. The highest BCUT2D eigenvalue weighted by molar-refractivity contribution is 8.15. The third kappa shape index (κ3) is 3.49. The van der Waals surface area contributed by atoms with E-state index in [4.69, 9.17) is 0 Å². The summed E-state index contributed by atoms with van der Waals surface area (Å²) in [5, 5.41) is 0.927. The van der Waals surface area contributed by atoms with Crippen LogP contribution in [0.2, 0.25) is 0 Å². The number of imide groups is 1. The summed E-state index contributed by atoms with van der Waals surface area (Å²) in [5.74, 6) is -0.693. The minimum absolute atomic E-state index is 0.160. The number of rotatable bonds is 4. The maximum atomic E-state index is 12.9. The summed E-state index contributed by atoms with van der Waals surface area (Å²) in [4.78, 5) is 37.9. The van der Waals surface area contributed by atoms with Crippen LogP contribution in [0.15, 0.2) is 54.6 Å². The van der Waals surface area contributed by atoms with Gasteiger partial charge in [0.15, 0.2) is 5.37 Å². The molecule has 0 saturated carbocycles. The molecular weight excluding hydrogens is 324 g/mol. The summed E-state index contributed by atoms with van der Waals surface area (Å²) in [7, 11) is 0. The van der Waals surface area contributed by atoms with Gasteiger partial charge in [0.2, 0.25) is 5.91 Å². The molecule has 1 aliphatic heterocycles. The SMILES string of the molecule is Cc1cccc(N(C(=O)Cc2ccccc2)C2SC(=O)NC2=O)c1. The van der Waals surface area contributed by atoms with Crippen molar-refractivity contribution in [1.82, 2.24) is 5.32 Å². The molecule has 1 aliphatic rings. The van der Waals surface area contributed by atoms with Gasteiger partial charge in [0, 0.05) is 5.69 Å². The molecule has 0 spiro atoms. The molecule has 3 amide bonds. The summed E-state index contributed by atoms with van der Waals surface area (Å²) >= 11 is 0.827. The summed E-state index contributed by atoms with van der Waals surface area (Å²) in [6, 6.07) is 16.7. The number of aryl methyl sites for hydroxylation is 1. The van der Waals surface area contributed by atoms with Gasteiger partial charge in [0.05, 0.1) is 6.42 Å². The standard InChI is InChI=1S/C18H16N2O3S/c1-12-6-5-9-14(10-12)20(17-16(22)19-18(23)24-17)15(21)11-13-7-3-2-4-8-13/h2-10,17H,11H2,1H3,(H,19,22,23). The first kappa shape index (κ1) is 16.3. The van der Waals surface area contributed by atoms with E-state index in [9.17, 15) is 14.4 Å². The number of thioether (sulfide) groups is 1. The molecule has 1 unspecified atom stereocenters. The van der Waals surface area contributed by atoms with E-state index in [1.807, 2.05) is 55.5 Å². The van der Waals surface area contributed by atoms with Gasteiger partial charge in [-0.25, -0.2) is 0 Å². The van der Waals surface area contributed by atoms with E-state index in [0.29, 0.717) is 5.69 Å². The Kier molecular flexibility index (Phi) is 4.66. The maximum absolute atomic E-state index is 12.9. The fourth-order valence-electron chi connectivity index (χ4n) is 2.56. The summed E-state index contributed by atoms with van der Waals surface area (Å²) in [6.07, 6.45) is 0.160. The average Bonchev–Trinajstić information content (AvgIpc) is 2.87. The third-order valence-corrected chi connectivity index (χ3v) is 4.61. The van der Waals surface area contributed by atoms with Crippen molar-refractivity contribution in [3.8, 4) is 0 Å². The van der Waals surface area contributed by atoms with Crippen molar-refractivity contribution in [3.05, 3.63) is 65.7 Å². The van der Waals surface area contributed by atoms with Crippen molar-refractivity contribution in [3.63, 3.8) is 0 Å². The number of carbonyl (C=O) groups excluding carboxylic acids is 3. The minimum Gasteiger partial charge on any atom is -0.290 e. The van der Waals surface area contributed by atoms with Gasteiger partial charge in [-0.2, -0.15) is 0 Å². The second-order valence-electron chi connectivity index (χ2n) is 5.51. The highest BCUT2D eigenvalue weighted by Crippen LogP contribution is 2.29. The normalized spacial score (nSPS) is 16.8. The van der Waals surface area contributed by atoms with Crippen LogP contribution in [0.25, 0.3) is 0 Å². The number of benzene rings is 2. The fraction of sp³-hybridized carbons (Fsp3) is 0.167. The highest BCUT2D eigenvalue weighted by atomic mass is 32.2. The second kappa shape index (κ2) is 6.88. The molecule has 2 aromatic carbocycles. The molecule has 1 fully saturated rings. The summed E-state index contributed by atoms with van der Waals surface area (Å²) < 4.78 is 0. The first-order chi connectivity index (χ1) is 11.5. The lowest BCUT2D eigenvalue weighted by atomic mass is 10.1. The summed E-state index contributed by atoms with van der Waals surface area (Å²) in [6.45, 7) is 1.91. The zero-order valence-electron chi connectivity index (χ0n) is 13.1. The topological polar surface area (TPSA) is 66.5 Å². The number of nitrogens with one attached hydrogen (secondary N) is 1. The first-order valence-electron chi connectivity index (χ1n) is 7.49. The van der Waals surface area contributed by atoms with Gasteiger partial charge in [0.1, 0.15) is 0 Å². The zero-order chi connectivity index (χ0) is 17.1. The largest absolute Gasteiger partial charge is 0.290 e. The highest BCUT2D eigenvalue weighted by Gasteiger charge is 2.39. The molecule has 2 aromatic rings. The van der Waals surface area contributed by atoms with Crippen molar-refractivity contribution in [2.45, 2.75) is 18.7 Å². The Morgan fingerprint density at radius 2 is 1.88 bits per heavy atom. The van der Waals surface area contributed by atoms with Gasteiger partial charge in [-0.05, 0) is 41.9 Å². The van der Waals surface area contributed by atoms with Crippen LogP contribution in [0.4, 0.5) is 10.5 Å². The van der Waals surface area contributed by atoms with Crippen molar-refractivity contribution in [1.29, 1.82) is 0 Å². The Hall–Kier alpha value is -2.60. The zero-order valence-corrected chi connectivity index (χ0v) is 13.9. The van der Waals surface area contributed by atoms with Crippen LogP contribution in [-0.2, 0) is 16.0 Å². The Morgan fingerprint density at radius 1 is 1.12 bits per heavy atom. The average molecular weight is 340 g/mol. The Balaban J connectivity index is 1.94. The molecule has 24 heavy (non-hydrogen) atoms. The molecule has 5 nitrogen and oxygen atoms in total. The molecule has 122 valence electrons. The van der Waals surface area contributed by atoms with Crippen LogP contribution in [-0.4, -0.2) is 22.4 Å². The molecule has 1 saturated heterocycles. The Bertz CT molecular complexity index is 792. The van der Waals surface area contributed by atoms with Gasteiger partial charge < -0.3 is 0 Å². The van der Waals surface area contributed by atoms with Crippen molar-refractivity contribution in [2.24, 2.45) is 0 Å². The lowest BCUT2D eigenvalue weighted by Gasteiger charge is -2.26. The predicted molar refractivity (Wildman–Crippen MR) is 93.7 cm³/mol. The van der Waals surface area contributed by atoms with Crippen molar-refractivity contribution < 1.29 is 14.4 Å². The molecule has 6 heteroatoms. The van der Waals surface area contributed by atoms with E-state index in [2.05, 4.69) is 5.32 Å². The maximum Gasteiger partial charge on any atom is 0.288 e. The molecule has 0 radical (unpaired) electrons. The second-order valence-corrected chi connectivity index (χ2v) is 6.57. The van der Waals surface area contributed by atoms with Crippen LogP contribution in [0, 0.1) is 6.92 Å². The molecule has 1 N–H and O–H groups in total. The number of amides is 3. The number of carbonyl (C=O) groups is 3. The molecule has 1 atom stereocenters. The molecule has 0 aromatic heterocycles. The van der Waals surface area contributed by atoms with Gasteiger partial charge in [-0.15, -0.1) is 0 Å². The van der Waals surface area contributed by atoms with Crippen LogP contribution in [0.3, 0.4) is 0 Å². The van der Waals surface area contributed by atoms with Crippen molar-refractivity contribution in [2.75, 3.05) is 4.90 Å². The number of hydrogen-bond acceptors (Lipinski definition) is 4. The van der Waals surface area contributed by atoms with Gasteiger partial charge >= 0.3 is 0 Å². The van der Waals surface area contributed by atoms with Crippen LogP contribution >= 0.6 is 11.8 Å². The lowest BCUT2D eigenvalue weighted by Crippen LogP contribution is -2.44. The first-order valence-corrected chi connectivity index (χ1v) is 8.37. The molecule has 0 bridgehead atoms. The van der Waals surface area contributed by atoms with E-state index in [1.165, 1.54) is 4.90 Å². The minimum atomic E-state index is -0.879. The molecule has 0 aliphatic carbocycles. The predicted octanol–water partition coefficient (Wildman–Crippen LogP) is 2.88. The smallest absolute Gasteiger partial charge is 0.288 e. The summed E-state index contributed by atoms with van der Waals surface area (Å²) in [5.41, 5.74) is 2.44. The van der Waals surface area contributed by atoms with Gasteiger partial charge in [-0.3, -0.25) is 24.6 Å². The quantitative estimate of drug-likeness (QED) is 0.929. The monoisotopic (exact) mass is 340 g/mol. The van der Waals surface area contributed by atoms with Crippen LogP contribution in [0.5, 0.6) is 0 Å². The van der Waals surface area contributed by atoms with E-state index in [0.717, 1.165) is 22.9 Å². The Morgan fingerprint density at radius 3 is 2.50 bits per heavy atom. The van der Waals surface area contributed by atoms with E-state index in [1.54, 1.807) is 6.07 Å². The lowest BCUT2D eigenvalue weighted by molar-refractivity contribution is -0.123. The van der Waals surface area contributed by atoms with Gasteiger partial charge in [-0.1, -0.05) is 42.5 Å². The van der Waals surface area contributed by atoms with Crippen LogP contribution < -0.4 is 10.2 Å². The van der Waals surface area contributed by atoms with E-state index < -0.39 is 16.5 Å². The Labute approximate surface area is 144 Å². The van der Waals surface area contributed by atoms with Crippen molar-refractivity contribution >= 4 is 34.5 Å². The van der Waals surface area contributed by atoms with Gasteiger partial charge in [0.25, 0.3) is 11.1 Å².